The molecular formula is C19H25F5N2O4S. The van der Waals surface area contributed by atoms with Crippen molar-refractivity contribution in [1.29, 1.82) is 0 Å². The van der Waals surface area contributed by atoms with Crippen molar-refractivity contribution in [2.24, 2.45) is 5.41 Å². The molecule has 1 aromatic rings. The van der Waals surface area contributed by atoms with Gasteiger partial charge in [0.25, 0.3) is 0 Å². The van der Waals surface area contributed by atoms with Gasteiger partial charge in [0.05, 0.1) is 5.75 Å². The maximum Gasteiger partial charge on any atom is 0.490 e. The van der Waals surface area contributed by atoms with Crippen LogP contribution in [-0.2, 0) is 21.4 Å². The summed E-state index contributed by atoms with van der Waals surface area (Å²) in [5, 5.41) is 7.12. The van der Waals surface area contributed by atoms with Crippen molar-refractivity contribution in [2.45, 2.75) is 51.4 Å². The maximum absolute atomic E-state index is 13.7. The van der Waals surface area contributed by atoms with E-state index in [1.165, 1.54) is 12.1 Å². The molecule has 1 saturated heterocycles. The summed E-state index contributed by atoms with van der Waals surface area (Å²) >= 11 is 0. The Balaban J connectivity index is 0.000000423. The van der Waals surface area contributed by atoms with Gasteiger partial charge < -0.3 is 5.11 Å². The Morgan fingerprint density at radius 3 is 2.26 bits per heavy atom. The molecule has 2 N–H and O–H groups in total. The second kappa shape index (κ2) is 9.78. The van der Waals surface area contributed by atoms with E-state index in [2.05, 4.69) is 9.62 Å². The van der Waals surface area contributed by atoms with E-state index in [4.69, 9.17) is 9.90 Å². The molecule has 1 spiro atoms. The molecule has 1 aliphatic carbocycles. The van der Waals surface area contributed by atoms with Crippen LogP contribution in [0.3, 0.4) is 0 Å². The summed E-state index contributed by atoms with van der Waals surface area (Å²) in [5.41, 5.74) is 0.617. The Morgan fingerprint density at radius 1 is 1.23 bits per heavy atom. The van der Waals surface area contributed by atoms with Gasteiger partial charge in [-0.2, -0.15) is 13.2 Å². The molecule has 12 heteroatoms. The molecule has 1 heterocycles. The molecule has 6 nitrogen and oxygen atoms in total. The van der Waals surface area contributed by atoms with Crippen LogP contribution in [0.5, 0.6) is 0 Å². The van der Waals surface area contributed by atoms with E-state index in [0.717, 1.165) is 44.8 Å². The molecule has 0 radical (unpaired) electrons. The van der Waals surface area contributed by atoms with Crippen molar-refractivity contribution in [3.8, 4) is 0 Å². The highest BCUT2D eigenvalue weighted by Gasteiger charge is 2.46. The predicted octanol–water partition coefficient (Wildman–Crippen LogP) is 3.28. The first-order valence-electron chi connectivity index (χ1n) is 9.72. The topological polar surface area (TPSA) is 86.7 Å². The molecule has 1 aromatic carbocycles. The lowest BCUT2D eigenvalue weighted by molar-refractivity contribution is -0.192. The van der Waals surface area contributed by atoms with E-state index in [9.17, 15) is 30.4 Å². The number of aliphatic carboxylic acids is 1. The normalized spacial score (nSPS) is 19.4. The van der Waals surface area contributed by atoms with Crippen molar-refractivity contribution in [1.82, 2.24) is 9.62 Å². The molecule has 1 saturated carbocycles. The van der Waals surface area contributed by atoms with Gasteiger partial charge in [0.1, 0.15) is 11.6 Å². The third kappa shape index (κ3) is 7.39. The fourth-order valence-corrected chi connectivity index (χ4v) is 4.75. The van der Waals surface area contributed by atoms with Crippen molar-refractivity contribution < 1.29 is 40.3 Å². The second-order valence-electron chi connectivity index (χ2n) is 7.94. The number of nitrogens with one attached hydrogen (secondary N) is 1. The number of carboxylic acids is 1. The number of carbonyl (C=O) groups is 1. The van der Waals surface area contributed by atoms with Crippen LogP contribution in [-0.4, -0.2) is 55.5 Å². The molecule has 0 unspecified atom stereocenters. The summed E-state index contributed by atoms with van der Waals surface area (Å²) in [5.74, 6) is -3.42. The van der Waals surface area contributed by atoms with Crippen LogP contribution in [0.2, 0.25) is 0 Å². The SMILES string of the molecule is CCS(=O)(=O)NC1CC2(CCN(Cc3cc(F)ccc3F)CC2)C1.O=C(O)C(F)(F)F. The van der Waals surface area contributed by atoms with Gasteiger partial charge in [0, 0.05) is 18.2 Å². The molecule has 3 rings (SSSR count). The Labute approximate surface area is 177 Å². The number of sulfonamides is 1. The molecule has 31 heavy (non-hydrogen) atoms. The van der Waals surface area contributed by atoms with E-state index >= 15 is 0 Å². The Morgan fingerprint density at radius 2 is 1.77 bits per heavy atom. The van der Waals surface area contributed by atoms with Gasteiger partial charge in [0.2, 0.25) is 10.0 Å². The van der Waals surface area contributed by atoms with E-state index in [1.54, 1.807) is 6.92 Å². The van der Waals surface area contributed by atoms with Crippen LogP contribution in [0.15, 0.2) is 18.2 Å². The molecular weight excluding hydrogens is 447 g/mol. The number of likely N-dealkylation sites (tertiary alicyclic amines) is 1. The number of hydrogen-bond donors (Lipinski definition) is 2. The van der Waals surface area contributed by atoms with Crippen LogP contribution in [0, 0.1) is 17.0 Å². The van der Waals surface area contributed by atoms with E-state index < -0.39 is 28.0 Å². The van der Waals surface area contributed by atoms with Crippen molar-refractivity contribution in [2.75, 3.05) is 18.8 Å². The van der Waals surface area contributed by atoms with Gasteiger partial charge in [0.15, 0.2) is 0 Å². The van der Waals surface area contributed by atoms with Gasteiger partial charge >= 0.3 is 12.1 Å². The molecule has 176 valence electrons. The minimum atomic E-state index is -5.08. The van der Waals surface area contributed by atoms with Gasteiger partial charge in [-0.25, -0.2) is 26.7 Å². The monoisotopic (exact) mass is 472 g/mol. The van der Waals surface area contributed by atoms with Crippen LogP contribution in [0.25, 0.3) is 0 Å². The maximum atomic E-state index is 13.7. The summed E-state index contributed by atoms with van der Waals surface area (Å²) in [6.07, 6.45) is -1.36. The minimum Gasteiger partial charge on any atom is -0.475 e. The standard InChI is InChI=1S/C17H24F2N2O2S.C2HF3O2/c1-2-24(22,23)20-15-10-17(11-15)5-7-21(8-6-17)12-13-9-14(18)3-4-16(13)19;3-2(4,5)1(6)7/h3-4,9,15,20H,2,5-8,10-12H2,1H3;(H,6,7). The number of nitrogens with zero attached hydrogens (tertiary/aromatic N) is 1. The summed E-state index contributed by atoms with van der Waals surface area (Å²) in [4.78, 5) is 11.0. The summed E-state index contributed by atoms with van der Waals surface area (Å²) in [6.45, 7) is 3.73. The zero-order valence-corrected chi connectivity index (χ0v) is 17.7. The fourth-order valence-electron chi connectivity index (χ4n) is 3.91. The van der Waals surface area contributed by atoms with Gasteiger partial charge in [-0.3, -0.25) is 4.90 Å². The number of rotatable bonds is 5. The lowest BCUT2D eigenvalue weighted by Gasteiger charge is -2.52. The fraction of sp³-hybridized carbons (Fsp3) is 0.632. The first-order chi connectivity index (χ1) is 14.3. The largest absolute Gasteiger partial charge is 0.490 e. The Bertz CT molecular complexity index is 876. The van der Waals surface area contributed by atoms with Crippen LogP contribution in [0.1, 0.15) is 38.2 Å². The molecule has 0 bridgehead atoms. The molecule has 0 atom stereocenters. The Kier molecular flexibility index (Phi) is 8.04. The third-order valence-corrected chi connectivity index (χ3v) is 7.10. The zero-order chi connectivity index (χ0) is 23.4. The van der Waals surface area contributed by atoms with Gasteiger partial charge in [-0.05, 0) is 69.3 Å². The summed E-state index contributed by atoms with van der Waals surface area (Å²) in [6, 6.07) is 3.63. The number of hydrogen-bond acceptors (Lipinski definition) is 4. The zero-order valence-electron chi connectivity index (χ0n) is 16.9. The first kappa shape index (κ1) is 25.5. The van der Waals surface area contributed by atoms with Crippen LogP contribution < -0.4 is 4.72 Å². The van der Waals surface area contributed by atoms with Crippen molar-refractivity contribution in [3.05, 3.63) is 35.4 Å². The Hall–Kier alpha value is -1.79. The molecule has 1 aliphatic heterocycles. The molecule has 2 aliphatic rings. The van der Waals surface area contributed by atoms with Crippen molar-refractivity contribution in [3.63, 3.8) is 0 Å². The van der Waals surface area contributed by atoms with Crippen LogP contribution >= 0.6 is 0 Å². The van der Waals surface area contributed by atoms with Gasteiger partial charge in [-0.1, -0.05) is 0 Å². The number of carboxylic acid groups (broad SMARTS) is 1. The quantitative estimate of drug-likeness (QED) is 0.643. The molecule has 0 aromatic heterocycles. The van der Waals surface area contributed by atoms with Crippen LogP contribution in [0.4, 0.5) is 22.0 Å². The average Bonchev–Trinajstić information content (AvgIpc) is 2.64. The number of benzene rings is 1. The number of alkyl halides is 3. The average molecular weight is 472 g/mol. The number of halogens is 5. The van der Waals surface area contributed by atoms with E-state index in [1.807, 2.05) is 0 Å². The minimum absolute atomic E-state index is 0.0576. The highest BCUT2D eigenvalue weighted by Crippen LogP contribution is 2.49. The highest BCUT2D eigenvalue weighted by atomic mass is 32.2. The first-order valence-corrected chi connectivity index (χ1v) is 11.4. The lowest BCUT2D eigenvalue weighted by atomic mass is 9.60. The smallest absolute Gasteiger partial charge is 0.475 e. The lowest BCUT2D eigenvalue weighted by Crippen LogP contribution is -2.54. The third-order valence-electron chi connectivity index (χ3n) is 5.65. The van der Waals surface area contributed by atoms with E-state index in [0.29, 0.717) is 12.1 Å². The molecule has 2 fully saturated rings. The predicted molar refractivity (Wildman–Crippen MR) is 103 cm³/mol. The summed E-state index contributed by atoms with van der Waals surface area (Å²) in [7, 11) is -3.13. The number of piperidine rings is 1. The summed E-state index contributed by atoms with van der Waals surface area (Å²) < 4.78 is 84.7. The van der Waals surface area contributed by atoms with Crippen molar-refractivity contribution >= 4 is 16.0 Å². The molecule has 0 amide bonds. The van der Waals surface area contributed by atoms with E-state index in [-0.39, 0.29) is 23.0 Å². The van der Waals surface area contributed by atoms with Gasteiger partial charge in [-0.15, -0.1) is 0 Å². The second-order valence-corrected chi connectivity index (χ2v) is 9.98. The highest BCUT2D eigenvalue weighted by molar-refractivity contribution is 7.89.